The van der Waals surface area contributed by atoms with E-state index in [0.717, 1.165) is 35.6 Å². The van der Waals surface area contributed by atoms with Crippen LogP contribution in [0.4, 0.5) is 5.69 Å². The van der Waals surface area contributed by atoms with Crippen molar-refractivity contribution in [3.8, 4) is 0 Å². The van der Waals surface area contributed by atoms with Crippen LogP contribution in [0.3, 0.4) is 0 Å². The van der Waals surface area contributed by atoms with Crippen molar-refractivity contribution in [3.63, 3.8) is 0 Å². The summed E-state index contributed by atoms with van der Waals surface area (Å²) in [6.45, 7) is 22.7. The summed E-state index contributed by atoms with van der Waals surface area (Å²) in [4.78, 5) is 102. The third kappa shape index (κ3) is 19.6. The molecule has 4 atom stereocenters. The van der Waals surface area contributed by atoms with E-state index in [2.05, 4.69) is 52.2 Å². The van der Waals surface area contributed by atoms with Gasteiger partial charge in [-0.2, -0.15) is 0 Å². The smallest absolute Gasteiger partial charge is 0.291 e. The molecule has 0 bridgehead atoms. The van der Waals surface area contributed by atoms with E-state index in [0.29, 0.717) is 29.8 Å². The highest BCUT2D eigenvalue weighted by atomic mass is 32.2. The number of rotatable bonds is 25. The SMILES string of the molecule is CC(C)CCCCCCN1C(=O)CC(SC(C)C)C1=O.CC(C)Cc1ccc(NC(=O)C(=O)C[C@H](C)CC(=O)C(NC(=O)CCN2C(=O)CC(SC(C)C)C2=O)C(C)C)cc1. The number of anilines is 1. The molecule has 2 heterocycles. The summed E-state index contributed by atoms with van der Waals surface area (Å²) in [5.41, 5.74) is 1.68. The number of ketones is 2. The molecule has 2 N–H and O–H groups in total. The maximum Gasteiger partial charge on any atom is 0.291 e. The fraction of sp³-hybridized carbons (Fsp3) is 0.702. The number of benzene rings is 1. The quantitative estimate of drug-likeness (QED) is 0.0558. The first-order chi connectivity index (χ1) is 28.6. The molecule has 0 aromatic heterocycles. The van der Waals surface area contributed by atoms with Crippen LogP contribution in [-0.4, -0.2) is 96.9 Å². The molecule has 0 aliphatic carbocycles. The van der Waals surface area contributed by atoms with E-state index < -0.39 is 34.8 Å². The molecule has 2 saturated heterocycles. The zero-order valence-electron chi connectivity index (χ0n) is 38.7. The number of likely N-dealkylation sites (tertiary alicyclic amines) is 2. The molecule has 12 nitrogen and oxygen atoms in total. The summed E-state index contributed by atoms with van der Waals surface area (Å²) in [5.74, 6) is -1.84. The molecule has 0 spiro atoms. The minimum atomic E-state index is -0.785. The number of nitrogens with one attached hydrogen (secondary N) is 2. The highest BCUT2D eigenvalue weighted by Crippen LogP contribution is 2.29. The largest absolute Gasteiger partial charge is 0.346 e. The Balaban J connectivity index is 0.000000535. The van der Waals surface area contributed by atoms with Crippen molar-refractivity contribution in [1.29, 1.82) is 0 Å². The molecular weight excluding hydrogens is 813 g/mol. The van der Waals surface area contributed by atoms with Crippen molar-refractivity contribution in [2.45, 2.75) is 174 Å². The molecule has 3 rings (SSSR count). The lowest BCUT2D eigenvalue weighted by Crippen LogP contribution is -2.46. The van der Waals surface area contributed by atoms with Gasteiger partial charge in [0.05, 0.1) is 16.5 Å². The highest BCUT2D eigenvalue weighted by Gasteiger charge is 2.40. The number of thioether (sulfide) groups is 2. The predicted molar refractivity (Wildman–Crippen MR) is 247 cm³/mol. The summed E-state index contributed by atoms with van der Waals surface area (Å²) in [6, 6.07) is 6.60. The third-order valence-corrected chi connectivity index (χ3v) is 12.8. The Morgan fingerprint density at radius 1 is 0.672 bits per heavy atom. The molecule has 0 saturated carbocycles. The molecular formula is C47H74N4O8S2. The summed E-state index contributed by atoms with van der Waals surface area (Å²) in [5, 5.41) is 5.40. The standard InChI is InChI=1S/C31H45N3O6S.C16H29NO2S/c1-18(2)14-22-8-10-23(11-9-22)32-30(39)25(36)16-21(7)15-24(35)29(19(3)4)33-27(37)12-13-34-28(38)17-26(31(34)40)41-20(5)6;1-12(2)9-7-5-6-8-10-17-15(18)11-14(16(17)19)20-13(3)4/h8-11,18-21,26,29H,12-17H2,1-7H3,(H,32,39)(H,33,37);12-14H,5-11H2,1-4H3/t21-,26?,29?;/m1./s1. The van der Waals surface area contributed by atoms with Gasteiger partial charge in [-0.1, -0.05) is 114 Å². The second-order valence-corrected chi connectivity index (χ2v) is 21.9. The summed E-state index contributed by atoms with van der Waals surface area (Å²) in [7, 11) is 0. The Kier molecular flexibility index (Phi) is 23.6. The average Bonchev–Trinajstić information content (AvgIpc) is 3.57. The van der Waals surface area contributed by atoms with Crippen molar-refractivity contribution >= 4 is 76.2 Å². The Bertz CT molecular complexity index is 1640. The van der Waals surface area contributed by atoms with Gasteiger partial charge in [0.1, 0.15) is 0 Å². The van der Waals surface area contributed by atoms with Crippen molar-refractivity contribution < 1.29 is 38.4 Å². The zero-order valence-corrected chi connectivity index (χ0v) is 40.3. The molecule has 2 aliphatic heterocycles. The number of carbonyl (C=O) groups is 8. The van der Waals surface area contributed by atoms with Gasteiger partial charge in [0, 0.05) is 50.9 Å². The number of carbonyl (C=O) groups excluding carboxylic acids is 8. The number of imide groups is 2. The maximum absolute atomic E-state index is 13.0. The number of nitrogens with zero attached hydrogens (tertiary/aromatic N) is 2. The maximum atomic E-state index is 13.0. The van der Waals surface area contributed by atoms with Gasteiger partial charge in [0.15, 0.2) is 5.78 Å². The monoisotopic (exact) mass is 886 g/mol. The lowest BCUT2D eigenvalue weighted by molar-refractivity contribution is -0.140. The molecule has 2 aliphatic rings. The number of hydrogen-bond donors (Lipinski definition) is 2. The minimum absolute atomic E-state index is 0.0171. The Hall–Kier alpha value is -3.52. The van der Waals surface area contributed by atoms with Crippen molar-refractivity contribution in [2.24, 2.45) is 23.7 Å². The summed E-state index contributed by atoms with van der Waals surface area (Å²) in [6.07, 6.45) is 7.08. The van der Waals surface area contributed by atoms with Crippen LogP contribution in [0.25, 0.3) is 0 Å². The molecule has 1 aromatic carbocycles. The molecule has 6 amide bonds. The van der Waals surface area contributed by atoms with E-state index in [1.165, 1.54) is 35.9 Å². The van der Waals surface area contributed by atoms with E-state index >= 15 is 0 Å². The molecule has 0 radical (unpaired) electrons. The van der Waals surface area contributed by atoms with Crippen LogP contribution in [-0.2, 0) is 44.8 Å². The predicted octanol–water partition coefficient (Wildman–Crippen LogP) is 8.04. The molecule has 342 valence electrons. The van der Waals surface area contributed by atoms with Crippen molar-refractivity contribution in [1.82, 2.24) is 15.1 Å². The van der Waals surface area contributed by atoms with Gasteiger partial charge in [0.2, 0.25) is 35.3 Å². The molecule has 1 aromatic rings. The van der Waals surface area contributed by atoms with Gasteiger partial charge >= 0.3 is 0 Å². The van der Waals surface area contributed by atoms with E-state index in [9.17, 15) is 38.4 Å². The van der Waals surface area contributed by atoms with E-state index in [-0.39, 0.29) is 78.1 Å². The fourth-order valence-corrected chi connectivity index (χ4v) is 9.53. The first kappa shape index (κ1) is 53.6. The summed E-state index contributed by atoms with van der Waals surface area (Å²) >= 11 is 3.05. The first-order valence-electron chi connectivity index (χ1n) is 22.3. The Labute approximate surface area is 374 Å². The van der Waals surface area contributed by atoms with E-state index in [1.807, 2.05) is 26.0 Å². The van der Waals surface area contributed by atoms with Crippen LogP contribution in [0.5, 0.6) is 0 Å². The Morgan fingerprint density at radius 2 is 1.20 bits per heavy atom. The van der Waals surface area contributed by atoms with Crippen LogP contribution in [0.1, 0.15) is 146 Å². The van der Waals surface area contributed by atoms with E-state index in [1.54, 1.807) is 44.7 Å². The number of hydrogen-bond acceptors (Lipinski definition) is 10. The van der Waals surface area contributed by atoms with Crippen LogP contribution >= 0.6 is 23.5 Å². The zero-order chi connectivity index (χ0) is 46.0. The van der Waals surface area contributed by atoms with Gasteiger partial charge in [-0.25, -0.2) is 0 Å². The third-order valence-electron chi connectivity index (χ3n) is 10.3. The minimum Gasteiger partial charge on any atom is -0.346 e. The fourth-order valence-electron chi connectivity index (χ4n) is 7.25. The molecule has 3 unspecified atom stereocenters. The second kappa shape index (κ2) is 26.8. The highest BCUT2D eigenvalue weighted by molar-refractivity contribution is 8.01. The van der Waals surface area contributed by atoms with Crippen LogP contribution in [0.15, 0.2) is 24.3 Å². The normalized spacial score (nSPS) is 17.8. The van der Waals surface area contributed by atoms with Gasteiger partial charge in [-0.3, -0.25) is 48.2 Å². The topological polar surface area (TPSA) is 167 Å². The van der Waals surface area contributed by atoms with Crippen molar-refractivity contribution in [3.05, 3.63) is 29.8 Å². The molecule has 2 fully saturated rings. The Morgan fingerprint density at radius 3 is 1.69 bits per heavy atom. The first-order valence-corrected chi connectivity index (χ1v) is 24.2. The lowest BCUT2D eigenvalue weighted by atomic mass is 9.90. The van der Waals surface area contributed by atoms with Crippen LogP contribution < -0.4 is 10.6 Å². The lowest BCUT2D eigenvalue weighted by Gasteiger charge is -2.23. The van der Waals surface area contributed by atoms with Gasteiger partial charge in [-0.15, -0.1) is 23.5 Å². The second-order valence-electron chi connectivity index (χ2n) is 18.3. The number of unbranched alkanes of at least 4 members (excludes halogenated alkanes) is 3. The van der Waals surface area contributed by atoms with Crippen LogP contribution in [0, 0.1) is 23.7 Å². The number of Topliss-reactive ketones (excluding diaryl/α,β-unsaturated/α-hetero) is 2. The van der Waals surface area contributed by atoms with Gasteiger partial charge in [-0.05, 0) is 64.7 Å². The number of amides is 6. The van der Waals surface area contributed by atoms with Gasteiger partial charge < -0.3 is 10.6 Å². The average molecular weight is 887 g/mol. The van der Waals surface area contributed by atoms with E-state index in [4.69, 9.17) is 0 Å². The molecule has 14 heteroatoms. The van der Waals surface area contributed by atoms with Crippen LogP contribution in [0.2, 0.25) is 0 Å². The summed E-state index contributed by atoms with van der Waals surface area (Å²) < 4.78 is 0. The van der Waals surface area contributed by atoms with Crippen molar-refractivity contribution in [2.75, 3.05) is 18.4 Å². The van der Waals surface area contributed by atoms with Gasteiger partial charge in [0.25, 0.3) is 5.91 Å². The molecule has 61 heavy (non-hydrogen) atoms.